The Hall–Kier alpha value is -2.00. The van der Waals surface area contributed by atoms with E-state index in [9.17, 15) is 9.59 Å². The monoisotopic (exact) mass is 258 g/mol. The average molecular weight is 258 g/mol. The number of aromatic nitrogens is 1. The minimum Gasteiger partial charge on any atom is -0.480 e. The van der Waals surface area contributed by atoms with Crippen LogP contribution in [-0.4, -0.2) is 40.7 Å². The van der Waals surface area contributed by atoms with Gasteiger partial charge in [0.1, 0.15) is 18.3 Å². The maximum atomic E-state index is 10.7. The molecule has 1 heterocycles. The maximum absolute atomic E-state index is 10.7. The minimum atomic E-state index is -1.22. The van der Waals surface area contributed by atoms with Gasteiger partial charge < -0.3 is 21.4 Å². The molecule has 9 heteroatoms. The van der Waals surface area contributed by atoms with Gasteiger partial charge in [-0.3, -0.25) is 9.59 Å². The fourth-order valence-corrected chi connectivity index (χ4v) is 1.35. The van der Waals surface area contributed by atoms with E-state index >= 15 is 0 Å². The number of nitrogen functional groups attached to an aromatic ring is 1. The Morgan fingerprint density at radius 3 is 2.94 bits per heavy atom. The van der Waals surface area contributed by atoms with Crippen LogP contribution < -0.4 is 11.5 Å². The van der Waals surface area contributed by atoms with Crippen molar-refractivity contribution in [2.75, 3.05) is 12.3 Å². The van der Waals surface area contributed by atoms with Crippen molar-refractivity contribution in [1.29, 1.82) is 0 Å². The fourth-order valence-electron chi connectivity index (χ4n) is 0.792. The van der Waals surface area contributed by atoms with Crippen molar-refractivity contribution in [1.82, 2.24) is 4.98 Å². The summed E-state index contributed by atoms with van der Waals surface area (Å²) in [6.45, 7) is -0.341. The van der Waals surface area contributed by atoms with E-state index in [-0.39, 0.29) is 23.1 Å². The number of carboxylic acids is 1. The molecule has 0 aliphatic heterocycles. The zero-order valence-electron chi connectivity index (χ0n) is 8.57. The Balaban J connectivity index is 2.62. The molecule has 1 unspecified atom stereocenters. The predicted octanol–water partition coefficient (Wildman–Crippen LogP) is -0.943. The lowest BCUT2D eigenvalue weighted by atomic mass is 10.3. The molecule has 0 spiro atoms. The van der Waals surface area contributed by atoms with Crippen LogP contribution in [0.25, 0.3) is 0 Å². The first-order valence-corrected chi connectivity index (χ1v) is 5.27. The van der Waals surface area contributed by atoms with Gasteiger partial charge in [0.25, 0.3) is 0 Å². The second-order valence-electron chi connectivity index (χ2n) is 2.91. The van der Waals surface area contributed by atoms with E-state index in [2.05, 4.69) is 15.0 Å². The second-order valence-corrected chi connectivity index (χ2v) is 3.80. The third kappa shape index (κ3) is 3.81. The van der Waals surface area contributed by atoms with Gasteiger partial charge in [-0.25, -0.2) is 4.98 Å². The molecule has 17 heavy (non-hydrogen) atoms. The number of nitrogens with zero attached hydrogens (tertiary/aromatic N) is 2. The van der Waals surface area contributed by atoms with E-state index in [4.69, 9.17) is 16.6 Å². The third-order valence-electron chi connectivity index (χ3n) is 1.63. The molecule has 0 aliphatic rings. The van der Waals surface area contributed by atoms with Crippen molar-refractivity contribution in [2.45, 2.75) is 6.04 Å². The topological polar surface area (TPSA) is 141 Å². The largest absolute Gasteiger partial charge is 0.480 e. The summed E-state index contributed by atoms with van der Waals surface area (Å²) >= 11 is 1.15. The highest BCUT2D eigenvalue weighted by molar-refractivity contribution is 7.13. The first kappa shape index (κ1) is 13.1. The van der Waals surface area contributed by atoms with Crippen LogP contribution in [0.5, 0.6) is 0 Å². The standard InChI is InChI=1S/C8H10N4O4S/c9-4(7(14)15)2-16-12-5(1-13)6-3-17-8(10)11-6/h1,3-4H,2,9H2,(H2,10,11)(H,14,15). The van der Waals surface area contributed by atoms with Gasteiger partial charge >= 0.3 is 5.97 Å². The summed E-state index contributed by atoms with van der Waals surface area (Å²) in [6.07, 6.45) is 0.431. The van der Waals surface area contributed by atoms with E-state index < -0.39 is 12.0 Å². The molecule has 5 N–H and O–H groups in total. The van der Waals surface area contributed by atoms with E-state index in [1.807, 2.05) is 0 Å². The first-order valence-electron chi connectivity index (χ1n) is 4.39. The highest BCUT2D eigenvalue weighted by Gasteiger charge is 2.12. The molecule has 0 aromatic carbocycles. The molecule has 1 atom stereocenters. The van der Waals surface area contributed by atoms with Gasteiger partial charge in [-0.05, 0) is 0 Å². The summed E-state index contributed by atoms with van der Waals surface area (Å²) < 4.78 is 0. The summed E-state index contributed by atoms with van der Waals surface area (Å²) in [4.78, 5) is 29.5. The zero-order valence-corrected chi connectivity index (χ0v) is 9.38. The molecule has 0 fully saturated rings. The van der Waals surface area contributed by atoms with Gasteiger partial charge in [0.2, 0.25) is 0 Å². The fraction of sp³-hybridized carbons (Fsp3) is 0.250. The average Bonchev–Trinajstić information content (AvgIpc) is 2.70. The van der Waals surface area contributed by atoms with Crippen LogP contribution in [0.3, 0.4) is 0 Å². The molecule has 1 aromatic heterocycles. The molecule has 1 rings (SSSR count). The number of hydrogen-bond acceptors (Lipinski definition) is 8. The Bertz CT molecular complexity index is 444. The van der Waals surface area contributed by atoms with E-state index in [0.717, 1.165) is 11.3 Å². The number of anilines is 1. The lowest BCUT2D eigenvalue weighted by Crippen LogP contribution is -2.34. The molecule has 0 aliphatic carbocycles. The van der Waals surface area contributed by atoms with Crippen molar-refractivity contribution >= 4 is 34.4 Å². The molecule has 0 bridgehead atoms. The van der Waals surface area contributed by atoms with Crippen LogP contribution in [0.2, 0.25) is 0 Å². The Morgan fingerprint density at radius 1 is 1.76 bits per heavy atom. The number of aliphatic carboxylic acids is 1. The van der Waals surface area contributed by atoms with Crippen molar-refractivity contribution in [3.8, 4) is 0 Å². The number of oxime groups is 1. The summed E-state index contributed by atoms with van der Waals surface area (Å²) in [7, 11) is 0. The Labute approximate surface area is 99.9 Å². The Kier molecular flexibility index (Phi) is 4.55. The van der Waals surface area contributed by atoms with E-state index in [1.54, 1.807) is 0 Å². The summed E-state index contributed by atoms with van der Waals surface area (Å²) in [5.74, 6) is -1.22. The summed E-state index contributed by atoms with van der Waals surface area (Å²) in [5, 5.41) is 13.7. The number of hydrogen-bond donors (Lipinski definition) is 3. The second kappa shape index (κ2) is 5.92. The van der Waals surface area contributed by atoms with Crippen molar-refractivity contribution in [2.24, 2.45) is 10.9 Å². The van der Waals surface area contributed by atoms with Crippen LogP contribution in [0, 0.1) is 0 Å². The summed E-state index contributed by atoms with van der Waals surface area (Å²) in [5.41, 5.74) is 10.8. The van der Waals surface area contributed by atoms with Crippen LogP contribution in [0.15, 0.2) is 10.5 Å². The normalized spacial score (nSPS) is 13.1. The van der Waals surface area contributed by atoms with Crippen LogP contribution in [0.4, 0.5) is 5.13 Å². The number of carboxylic acid groups (broad SMARTS) is 1. The van der Waals surface area contributed by atoms with Gasteiger partial charge in [-0.15, -0.1) is 11.3 Å². The highest BCUT2D eigenvalue weighted by atomic mass is 32.1. The molecule has 1 aromatic rings. The molecule has 0 saturated heterocycles. The molecule has 0 radical (unpaired) electrons. The van der Waals surface area contributed by atoms with Crippen LogP contribution in [0.1, 0.15) is 5.69 Å². The first-order chi connectivity index (χ1) is 8.04. The number of carbonyl (C=O) groups excluding carboxylic acids is 1. The maximum Gasteiger partial charge on any atom is 0.324 e. The molecule has 8 nitrogen and oxygen atoms in total. The predicted molar refractivity (Wildman–Crippen MR) is 60.7 cm³/mol. The SMILES string of the molecule is Nc1nc(C(C=O)=NOCC(N)C(=O)O)cs1. The third-order valence-corrected chi connectivity index (χ3v) is 2.30. The minimum absolute atomic E-state index is 0.0736. The van der Waals surface area contributed by atoms with Gasteiger partial charge in [0.05, 0.1) is 0 Å². The van der Waals surface area contributed by atoms with Gasteiger partial charge in [0, 0.05) is 5.38 Å². The lowest BCUT2D eigenvalue weighted by molar-refractivity contribution is -0.140. The number of nitrogens with two attached hydrogens (primary N) is 2. The number of carbonyl (C=O) groups is 2. The lowest BCUT2D eigenvalue weighted by Gasteiger charge is -2.03. The van der Waals surface area contributed by atoms with E-state index in [0.29, 0.717) is 6.29 Å². The van der Waals surface area contributed by atoms with Crippen LogP contribution >= 0.6 is 11.3 Å². The van der Waals surface area contributed by atoms with Crippen molar-refractivity contribution in [3.05, 3.63) is 11.1 Å². The van der Waals surface area contributed by atoms with Gasteiger partial charge in [0.15, 0.2) is 17.1 Å². The van der Waals surface area contributed by atoms with Gasteiger partial charge in [-0.1, -0.05) is 5.16 Å². The number of thiazole rings is 1. The highest BCUT2D eigenvalue weighted by Crippen LogP contribution is 2.11. The van der Waals surface area contributed by atoms with Crippen molar-refractivity contribution in [3.63, 3.8) is 0 Å². The molecular weight excluding hydrogens is 248 g/mol. The van der Waals surface area contributed by atoms with Crippen LogP contribution in [-0.2, 0) is 14.4 Å². The molecular formula is C8H10N4O4S. The zero-order chi connectivity index (χ0) is 12.8. The number of rotatable bonds is 6. The van der Waals surface area contributed by atoms with E-state index in [1.165, 1.54) is 5.38 Å². The molecule has 92 valence electrons. The smallest absolute Gasteiger partial charge is 0.324 e. The quantitative estimate of drug-likeness (QED) is 0.339. The number of aldehydes is 1. The Morgan fingerprint density at radius 2 is 2.47 bits per heavy atom. The molecule has 0 amide bonds. The molecule has 0 saturated carbocycles. The van der Waals surface area contributed by atoms with Crippen molar-refractivity contribution < 1.29 is 19.5 Å². The summed E-state index contributed by atoms with van der Waals surface area (Å²) in [6, 6.07) is -1.20. The van der Waals surface area contributed by atoms with Gasteiger partial charge in [-0.2, -0.15) is 0 Å².